The van der Waals surface area contributed by atoms with E-state index < -0.39 is 10.0 Å². The lowest BCUT2D eigenvalue weighted by Gasteiger charge is -2.12. The largest absolute Gasteiger partial charge is 0.495 e. The lowest BCUT2D eigenvalue weighted by atomic mass is 10.2. The van der Waals surface area contributed by atoms with Gasteiger partial charge in [0, 0.05) is 25.5 Å². The molecule has 0 unspecified atom stereocenters. The second kappa shape index (κ2) is 6.70. The summed E-state index contributed by atoms with van der Waals surface area (Å²) in [5.41, 5.74) is 6.28. The van der Waals surface area contributed by atoms with E-state index in [1.807, 2.05) is 0 Å². The second-order valence-corrected chi connectivity index (χ2v) is 6.09. The molecule has 0 bridgehead atoms. The zero-order chi connectivity index (χ0) is 15.3. The van der Waals surface area contributed by atoms with Crippen LogP contribution in [0.25, 0.3) is 0 Å². The molecule has 2 rings (SSSR count). The highest BCUT2D eigenvalue weighted by Gasteiger charge is 2.19. The van der Waals surface area contributed by atoms with Crippen molar-refractivity contribution in [1.82, 2.24) is 14.5 Å². The van der Waals surface area contributed by atoms with Crippen LogP contribution in [0.15, 0.2) is 41.6 Å². The van der Waals surface area contributed by atoms with E-state index in [2.05, 4.69) is 9.82 Å². The first kappa shape index (κ1) is 15.5. The molecule has 0 saturated heterocycles. The molecule has 0 aliphatic carbocycles. The third-order valence-electron chi connectivity index (χ3n) is 2.95. The van der Waals surface area contributed by atoms with Crippen molar-refractivity contribution in [3.05, 3.63) is 42.2 Å². The van der Waals surface area contributed by atoms with Gasteiger partial charge in [-0.25, -0.2) is 13.1 Å². The maximum absolute atomic E-state index is 12.3. The Morgan fingerprint density at radius 3 is 2.86 bits per heavy atom. The predicted molar refractivity (Wildman–Crippen MR) is 78.3 cm³/mol. The highest BCUT2D eigenvalue weighted by atomic mass is 32.2. The van der Waals surface area contributed by atoms with Crippen molar-refractivity contribution in [3.63, 3.8) is 0 Å². The number of hydrogen-bond donors (Lipinski definition) is 2. The number of sulfonamides is 1. The van der Waals surface area contributed by atoms with E-state index in [1.54, 1.807) is 35.3 Å². The fourth-order valence-corrected chi connectivity index (χ4v) is 3.10. The van der Waals surface area contributed by atoms with Gasteiger partial charge in [-0.05, 0) is 23.8 Å². The molecule has 1 heterocycles. The molecule has 8 heteroatoms. The van der Waals surface area contributed by atoms with Crippen molar-refractivity contribution in [1.29, 1.82) is 0 Å². The number of nitrogens with two attached hydrogens (primary N) is 1. The topological polar surface area (TPSA) is 99.2 Å². The summed E-state index contributed by atoms with van der Waals surface area (Å²) >= 11 is 0. The number of ether oxygens (including phenoxy) is 1. The number of benzene rings is 1. The lowest BCUT2D eigenvalue weighted by molar-refractivity contribution is 0.402. The highest BCUT2D eigenvalue weighted by Crippen LogP contribution is 2.24. The van der Waals surface area contributed by atoms with Crippen molar-refractivity contribution >= 4 is 10.0 Å². The standard InChI is InChI=1S/C13H18N4O3S/c1-20-12-4-3-11(10-14)9-13(12)21(18,19)16-6-8-17-7-2-5-15-17/h2-5,7,9,16H,6,8,10,14H2,1H3. The number of nitrogens with one attached hydrogen (secondary N) is 1. The number of methoxy groups -OCH3 is 1. The van der Waals surface area contributed by atoms with Crippen LogP contribution < -0.4 is 15.2 Å². The number of aromatic nitrogens is 2. The summed E-state index contributed by atoms with van der Waals surface area (Å²) in [5.74, 6) is 0.291. The number of rotatable bonds is 7. The number of hydrogen-bond acceptors (Lipinski definition) is 5. The minimum absolute atomic E-state index is 0.0911. The van der Waals surface area contributed by atoms with E-state index in [0.717, 1.165) is 5.56 Å². The van der Waals surface area contributed by atoms with Crippen LogP contribution >= 0.6 is 0 Å². The monoisotopic (exact) mass is 310 g/mol. The van der Waals surface area contributed by atoms with Crippen molar-refractivity contribution in [2.75, 3.05) is 13.7 Å². The molecule has 114 valence electrons. The number of nitrogens with zero attached hydrogens (tertiary/aromatic N) is 2. The van der Waals surface area contributed by atoms with Crippen LogP contribution in [0.1, 0.15) is 5.56 Å². The smallest absolute Gasteiger partial charge is 0.244 e. The van der Waals surface area contributed by atoms with Crippen LogP contribution in [-0.4, -0.2) is 31.9 Å². The first-order valence-corrected chi connectivity index (χ1v) is 7.89. The zero-order valence-electron chi connectivity index (χ0n) is 11.7. The second-order valence-electron chi connectivity index (χ2n) is 4.36. The molecular formula is C13H18N4O3S. The molecule has 0 aliphatic heterocycles. The first-order chi connectivity index (χ1) is 10.1. The van der Waals surface area contributed by atoms with E-state index in [1.165, 1.54) is 13.2 Å². The molecule has 3 N–H and O–H groups in total. The molecule has 0 spiro atoms. The molecular weight excluding hydrogens is 292 g/mol. The molecule has 0 atom stereocenters. The van der Waals surface area contributed by atoms with Gasteiger partial charge in [0.1, 0.15) is 10.6 Å². The summed E-state index contributed by atoms with van der Waals surface area (Å²) in [6, 6.07) is 6.64. The first-order valence-electron chi connectivity index (χ1n) is 6.41. The summed E-state index contributed by atoms with van der Waals surface area (Å²) in [4.78, 5) is 0.0911. The maximum Gasteiger partial charge on any atom is 0.244 e. The molecule has 1 aromatic heterocycles. The maximum atomic E-state index is 12.3. The summed E-state index contributed by atoms with van der Waals surface area (Å²) in [6.45, 7) is 0.949. The molecule has 0 radical (unpaired) electrons. The average Bonchev–Trinajstić information content (AvgIpc) is 2.99. The normalized spacial score (nSPS) is 11.5. The van der Waals surface area contributed by atoms with Gasteiger partial charge in [-0.15, -0.1) is 0 Å². The average molecular weight is 310 g/mol. The highest BCUT2D eigenvalue weighted by molar-refractivity contribution is 7.89. The Kier molecular flexibility index (Phi) is 4.94. The van der Waals surface area contributed by atoms with Gasteiger partial charge in [-0.2, -0.15) is 5.10 Å². The molecule has 2 aromatic rings. The van der Waals surface area contributed by atoms with E-state index >= 15 is 0 Å². The van der Waals surface area contributed by atoms with E-state index in [0.29, 0.717) is 12.3 Å². The minimum atomic E-state index is -3.66. The summed E-state index contributed by atoms with van der Waals surface area (Å²) < 4.78 is 34.0. The van der Waals surface area contributed by atoms with Gasteiger partial charge in [0.15, 0.2) is 0 Å². The molecule has 1 aromatic carbocycles. The molecule has 0 aliphatic rings. The quantitative estimate of drug-likeness (QED) is 0.768. The van der Waals surface area contributed by atoms with Gasteiger partial charge in [-0.1, -0.05) is 6.07 Å². The van der Waals surface area contributed by atoms with Crippen LogP contribution in [0.2, 0.25) is 0 Å². The van der Waals surface area contributed by atoms with Gasteiger partial charge in [0.2, 0.25) is 10.0 Å². The van der Waals surface area contributed by atoms with Gasteiger partial charge in [0.25, 0.3) is 0 Å². The van der Waals surface area contributed by atoms with Crippen molar-refractivity contribution in [2.24, 2.45) is 5.73 Å². The Morgan fingerprint density at radius 2 is 2.24 bits per heavy atom. The van der Waals surface area contributed by atoms with Gasteiger partial charge in [0.05, 0.1) is 13.7 Å². The van der Waals surface area contributed by atoms with Crippen molar-refractivity contribution in [2.45, 2.75) is 18.0 Å². The van der Waals surface area contributed by atoms with Crippen molar-refractivity contribution < 1.29 is 13.2 Å². The van der Waals surface area contributed by atoms with Gasteiger partial charge < -0.3 is 10.5 Å². The van der Waals surface area contributed by atoms with Crippen LogP contribution in [-0.2, 0) is 23.1 Å². The Labute approximate surface area is 123 Å². The van der Waals surface area contributed by atoms with Crippen LogP contribution in [0.4, 0.5) is 0 Å². The van der Waals surface area contributed by atoms with Gasteiger partial charge in [-0.3, -0.25) is 4.68 Å². The van der Waals surface area contributed by atoms with Crippen molar-refractivity contribution in [3.8, 4) is 5.75 Å². The Hall–Kier alpha value is -1.90. The van der Waals surface area contributed by atoms with Crippen LogP contribution in [0.5, 0.6) is 5.75 Å². The molecule has 7 nitrogen and oxygen atoms in total. The lowest BCUT2D eigenvalue weighted by Crippen LogP contribution is -2.28. The van der Waals surface area contributed by atoms with E-state index in [-0.39, 0.29) is 18.0 Å². The van der Waals surface area contributed by atoms with Gasteiger partial charge >= 0.3 is 0 Å². The van der Waals surface area contributed by atoms with Crippen LogP contribution in [0, 0.1) is 0 Å². The molecule has 0 amide bonds. The summed E-state index contributed by atoms with van der Waals surface area (Å²) in [5, 5.41) is 4.01. The molecule has 0 saturated carbocycles. The molecule has 21 heavy (non-hydrogen) atoms. The fourth-order valence-electron chi connectivity index (χ4n) is 1.86. The summed E-state index contributed by atoms with van der Waals surface area (Å²) in [7, 11) is -2.23. The Balaban J connectivity index is 2.14. The Bertz CT molecular complexity index is 683. The predicted octanol–water partition coefficient (Wildman–Crippen LogP) is 0.329. The van der Waals surface area contributed by atoms with Crippen LogP contribution in [0.3, 0.4) is 0 Å². The van der Waals surface area contributed by atoms with E-state index in [9.17, 15) is 8.42 Å². The fraction of sp³-hybridized carbons (Fsp3) is 0.308. The third kappa shape index (κ3) is 3.81. The third-order valence-corrected chi connectivity index (χ3v) is 4.43. The Morgan fingerprint density at radius 1 is 1.43 bits per heavy atom. The minimum Gasteiger partial charge on any atom is -0.495 e. The molecule has 0 fully saturated rings. The van der Waals surface area contributed by atoms with E-state index in [4.69, 9.17) is 10.5 Å². The summed E-state index contributed by atoms with van der Waals surface area (Å²) in [6.07, 6.45) is 3.41. The zero-order valence-corrected chi connectivity index (χ0v) is 12.5. The SMILES string of the molecule is COc1ccc(CN)cc1S(=O)(=O)NCCn1cccn1.